The molecule has 9 nitrogen and oxygen atoms in total. The highest BCUT2D eigenvalue weighted by Gasteiger charge is 2.55. The van der Waals surface area contributed by atoms with Gasteiger partial charge in [-0.05, 0) is 17.5 Å². The number of fused-ring (bicyclic) bond motifs is 3. The minimum atomic E-state index is -3.06. The highest BCUT2D eigenvalue weighted by Crippen LogP contribution is 2.63. The average Bonchev–Trinajstić information content (AvgIpc) is 3.25. The SMILES string of the molecule is NC(=O)CN1CC(Oc2ccc3c(c2C(=O)O)O[B-](O)(O)C2CC32)C1. The standard InChI is InChI=1S/C15H18BN2O7/c17-12(19)6-18-4-7(5-18)24-11-2-1-8-9-3-10(9)16(22,23)25-14(8)13(11)15(20)21/h1-2,7,9-10,22-23H,3-6H2,(H2,17,19)(H,20,21)/q-1. The van der Waals surface area contributed by atoms with Gasteiger partial charge in [-0.15, -0.1) is 0 Å². The minimum Gasteiger partial charge on any atom is -0.669 e. The number of carbonyl (C=O) groups is 2. The molecule has 1 amide bonds. The van der Waals surface area contributed by atoms with Crippen molar-refractivity contribution >= 4 is 18.6 Å². The zero-order valence-corrected chi connectivity index (χ0v) is 13.3. The molecule has 2 aliphatic heterocycles. The number of benzene rings is 1. The van der Waals surface area contributed by atoms with Gasteiger partial charge in [-0.1, -0.05) is 18.3 Å². The number of rotatable bonds is 5. The fraction of sp³-hybridized carbons (Fsp3) is 0.467. The number of carboxylic acids is 1. The van der Waals surface area contributed by atoms with Crippen LogP contribution in [-0.2, 0) is 4.79 Å². The van der Waals surface area contributed by atoms with Gasteiger partial charge in [0.15, 0.2) is 0 Å². The molecule has 25 heavy (non-hydrogen) atoms. The Morgan fingerprint density at radius 1 is 1.36 bits per heavy atom. The molecule has 1 saturated carbocycles. The monoisotopic (exact) mass is 349 g/mol. The van der Waals surface area contributed by atoms with E-state index >= 15 is 0 Å². The maximum absolute atomic E-state index is 11.7. The molecule has 0 aromatic heterocycles. The first-order valence-electron chi connectivity index (χ1n) is 8.12. The highest BCUT2D eigenvalue weighted by atomic mass is 16.6. The molecule has 1 aliphatic carbocycles. The smallest absolute Gasteiger partial charge is 0.434 e. The van der Waals surface area contributed by atoms with Crippen LogP contribution in [0.1, 0.15) is 28.3 Å². The molecule has 1 aromatic carbocycles. The summed E-state index contributed by atoms with van der Waals surface area (Å²) in [6, 6.07) is 3.29. The van der Waals surface area contributed by atoms with E-state index in [0.29, 0.717) is 25.1 Å². The number of hydrogen-bond acceptors (Lipinski definition) is 7. The Hall–Kier alpha value is -2.30. The summed E-state index contributed by atoms with van der Waals surface area (Å²) in [5.74, 6) is -2.08. The fourth-order valence-corrected chi connectivity index (χ4v) is 3.74. The van der Waals surface area contributed by atoms with Gasteiger partial charge in [-0.2, -0.15) is 0 Å². The highest BCUT2D eigenvalue weighted by molar-refractivity contribution is 6.62. The van der Waals surface area contributed by atoms with E-state index in [1.54, 1.807) is 17.0 Å². The van der Waals surface area contributed by atoms with Crippen molar-refractivity contribution in [3.8, 4) is 11.5 Å². The van der Waals surface area contributed by atoms with Crippen molar-refractivity contribution in [2.75, 3.05) is 19.6 Å². The van der Waals surface area contributed by atoms with Crippen molar-refractivity contribution in [3.63, 3.8) is 0 Å². The summed E-state index contributed by atoms with van der Waals surface area (Å²) >= 11 is 0. The third kappa shape index (κ3) is 2.72. The van der Waals surface area contributed by atoms with Crippen LogP contribution in [0.5, 0.6) is 11.5 Å². The second-order valence-corrected chi connectivity index (χ2v) is 6.95. The lowest BCUT2D eigenvalue weighted by Gasteiger charge is -2.40. The van der Waals surface area contributed by atoms with Crippen LogP contribution in [0.2, 0.25) is 5.82 Å². The average molecular weight is 349 g/mol. The molecule has 2 fully saturated rings. The Labute approximate surface area is 142 Å². The third-order valence-corrected chi connectivity index (χ3v) is 5.05. The van der Waals surface area contributed by atoms with E-state index in [1.807, 2.05) is 0 Å². The maximum Gasteiger partial charge on any atom is 0.434 e. The van der Waals surface area contributed by atoms with E-state index in [1.165, 1.54) is 0 Å². The molecule has 134 valence electrons. The third-order valence-electron chi connectivity index (χ3n) is 5.05. The van der Waals surface area contributed by atoms with Gasteiger partial charge < -0.3 is 30.3 Å². The number of nitrogens with zero attached hydrogens (tertiary/aromatic N) is 1. The summed E-state index contributed by atoms with van der Waals surface area (Å²) < 4.78 is 11.0. The van der Waals surface area contributed by atoms with Crippen LogP contribution in [0.15, 0.2) is 12.1 Å². The second kappa shape index (κ2) is 5.35. The Morgan fingerprint density at radius 2 is 2.08 bits per heavy atom. The van der Waals surface area contributed by atoms with Crippen LogP contribution >= 0.6 is 0 Å². The molecule has 1 saturated heterocycles. The van der Waals surface area contributed by atoms with Gasteiger partial charge in [0.05, 0.1) is 12.3 Å². The van der Waals surface area contributed by atoms with E-state index in [2.05, 4.69) is 0 Å². The summed E-state index contributed by atoms with van der Waals surface area (Å²) in [4.78, 5) is 24.4. The number of hydrogen-bond donors (Lipinski definition) is 4. The topological polar surface area (TPSA) is 143 Å². The zero-order chi connectivity index (χ0) is 17.9. The lowest BCUT2D eigenvalue weighted by atomic mass is 9.68. The predicted molar refractivity (Wildman–Crippen MR) is 85.4 cm³/mol. The lowest BCUT2D eigenvalue weighted by molar-refractivity contribution is -0.121. The van der Waals surface area contributed by atoms with Crippen LogP contribution in [0.4, 0.5) is 0 Å². The van der Waals surface area contributed by atoms with Crippen LogP contribution in [-0.4, -0.2) is 64.4 Å². The Balaban J connectivity index is 1.58. The van der Waals surface area contributed by atoms with Gasteiger partial charge >= 0.3 is 12.7 Å². The number of carboxylic acid groups (broad SMARTS) is 1. The van der Waals surface area contributed by atoms with Crippen molar-refractivity contribution in [3.05, 3.63) is 23.3 Å². The minimum absolute atomic E-state index is 0.0259. The quantitative estimate of drug-likeness (QED) is 0.501. The van der Waals surface area contributed by atoms with Crippen molar-refractivity contribution in [1.82, 2.24) is 4.90 Å². The van der Waals surface area contributed by atoms with Crippen LogP contribution < -0.4 is 15.1 Å². The first-order chi connectivity index (χ1) is 11.8. The predicted octanol–water partition coefficient (Wildman–Crippen LogP) is -0.893. The van der Waals surface area contributed by atoms with Gasteiger partial charge in [-0.25, -0.2) is 4.79 Å². The van der Waals surface area contributed by atoms with E-state index in [0.717, 1.165) is 0 Å². The first-order valence-corrected chi connectivity index (χ1v) is 8.12. The summed E-state index contributed by atoms with van der Waals surface area (Å²) in [5, 5.41) is 29.6. The molecule has 0 spiro atoms. The number of carbonyl (C=O) groups excluding carboxylic acids is 1. The van der Waals surface area contributed by atoms with Crippen LogP contribution in [0.25, 0.3) is 0 Å². The number of likely N-dealkylation sites (tertiary alicyclic amines) is 1. The summed E-state index contributed by atoms with van der Waals surface area (Å²) in [6.45, 7) is -2.02. The summed E-state index contributed by atoms with van der Waals surface area (Å²) in [6.07, 6.45) is 0.288. The fourth-order valence-electron chi connectivity index (χ4n) is 3.74. The van der Waals surface area contributed by atoms with E-state index in [9.17, 15) is 24.7 Å². The molecule has 0 bridgehead atoms. The first kappa shape index (κ1) is 16.2. The molecule has 4 rings (SSSR count). The molecule has 2 atom stereocenters. The number of nitrogens with two attached hydrogens (primary N) is 1. The molecule has 3 aliphatic rings. The van der Waals surface area contributed by atoms with E-state index in [4.69, 9.17) is 15.1 Å². The van der Waals surface area contributed by atoms with Crippen molar-refractivity contribution < 1.29 is 34.1 Å². The van der Waals surface area contributed by atoms with Crippen LogP contribution in [0, 0.1) is 0 Å². The summed E-state index contributed by atoms with van der Waals surface area (Å²) in [7, 11) is 0. The Bertz CT molecular complexity index is 762. The summed E-state index contributed by atoms with van der Waals surface area (Å²) in [5.41, 5.74) is 5.58. The molecule has 5 N–H and O–H groups in total. The second-order valence-electron chi connectivity index (χ2n) is 6.95. The molecule has 0 radical (unpaired) electrons. The molecular weight excluding hydrogens is 331 g/mol. The number of ether oxygens (including phenoxy) is 1. The molecular formula is C15H18BN2O7-. The molecule has 2 unspecified atom stereocenters. The van der Waals surface area contributed by atoms with Gasteiger partial charge in [0.25, 0.3) is 0 Å². The van der Waals surface area contributed by atoms with Gasteiger partial charge in [0.1, 0.15) is 17.4 Å². The number of primary amides is 1. The Kier molecular flexibility index (Phi) is 3.46. The number of aromatic carboxylic acids is 1. The van der Waals surface area contributed by atoms with Crippen molar-refractivity contribution in [2.45, 2.75) is 24.3 Å². The Morgan fingerprint density at radius 3 is 2.72 bits per heavy atom. The van der Waals surface area contributed by atoms with Gasteiger partial charge in [-0.3, -0.25) is 9.69 Å². The van der Waals surface area contributed by atoms with Gasteiger partial charge in [0, 0.05) is 13.1 Å². The largest absolute Gasteiger partial charge is 0.669 e. The zero-order valence-electron chi connectivity index (χ0n) is 13.3. The van der Waals surface area contributed by atoms with E-state index in [-0.39, 0.29) is 41.4 Å². The van der Waals surface area contributed by atoms with Crippen molar-refractivity contribution in [1.29, 1.82) is 0 Å². The molecule has 2 heterocycles. The van der Waals surface area contributed by atoms with Crippen LogP contribution in [0.3, 0.4) is 0 Å². The lowest BCUT2D eigenvalue weighted by Crippen LogP contribution is -2.56. The maximum atomic E-state index is 11.7. The normalized spacial score (nSPS) is 26.6. The number of amides is 1. The molecule has 1 aromatic rings. The van der Waals surface area contributed by atoms with Gasteiger partial charge in [0.2, 0.25) is 5.91 Å². The molecule has 10 heteroatoms. The van der Waals surface area contributed by atoms with E-state index < -0.39 is 18.6 Å². The van der Waals surface area contributed by atoms with Crippen molar-refractivity contribution in [2.24, 2.45) is 5.73 Å².